The summed E-state index contributed by atoms with van der Waals surface area (Å²) in [6.07, 6.45) is 0. The maximum Gasteiger partial charge on any atom is 0.387 e. The summed E-state index contributed by atoms with van der Waals surface area (Å²) in [5.74, 6) is 0.693. The van der Waals surface area contributed by atoms with Crippen molar-refractivity contribution in [2.45, 2.75) is 20.1 Å². The van der Waals surface area contributed by atoms with Gasteiger partial charge in [0.2, 0.25) is 0 Å². The lowest BCUT2D eigenvalue weighted by Crippen LogP contribution is -2.38. The van der Waals surface area contributed by atoms with E-state index in [2.05, 4.69) is 36.3 Å². The highest BCUT2D eigenvalue weighted by Crippen LogP contribution is 2.24. The van der Waals surface area contributed by atoms with Gasteiger partial charge in [-0.1, -0.05) is 15.9 Å². The first-order chi connectivity index (χ1) is 10.6. The first-order valence-electron chi connectivity index (χ1n) is 6.82. The Morgan fingerprint density at radius 2 is 2.09 bits per heavy atom. The molecule has 0 atom stereocenters. The monoisotopic (exact) mass is 507 g/mol. The summed E-state index contributed by atoms with van der Waals surface area (Å²) >= 11 is 3.31. The molecule has 1 aromatic carbocycles. The predicted molar refractivity (Wildman–Crippen MR) is 101 cm³/mol. The van der Waals surface area contributed by atoms with E-state index in [0.717, 1.165) is 4.47 Å². The molecule has 0 radical (unpaired) electrons. The van der Waals surface area contributed by atoms with Crippen molar-refractivity contribution in [1.82, 2.24) is 10.6 Å². The van der Waals surface area contributed by atoms with Crippen molar-refractivity contribution in [3.63, 3.8) is 0 Å². The van der Waals surface area contributed by atoms with Gasteiger partial charge in [-0.2, -0.15) is 8.78 Å². The number of aliphatic imine (C=N–C) groups is 1. The smallest absolute Gasteiger partial charge is 0.387 e. The number of ether oxygens (including phenoxy) is 2. The fraction of sp³-hybridized carbons (Fsp3) is 0.500. The molecular weight excluding hydrogens is 487 g/mol. The number of nitrogens with zero attached hydrogens (tertiary/aromatic N) is 1. The molecule has 0 unspecified atom stereocenters. The lowest BCUT2D eigenvalue weighted by molar-refractivity contribution is -0.0504. The number of guanidine groups is 1. The molecule has 0 aromatic heterocycles. The quantitative estimate of drug-likeness (QED) is 0.245. The zero-order valence-corrected chi connectivity index (χ0v) is 16.9. The summed E-state index contributed by atoms with van der Waals surface area (Å²) in [7, 11) is 1.63. The van der Waals surface area contributed by atoms with Gasteiger partial charge in [-0.15, -0.1) is 24.0 Å². The molecule has 0 aliphatic heterocycles. The number of alkyl halides is 2. The third kappa shape index (κ3) is 9.26. The van der Waals surface area contributed by atoms with Crippen LogP contribution < -0.4 is 15.4 Å². The van der Waals surface area contributed by atoms with Crippen molar-refractivity contribution in [2.75, 3.05) is 26.8 Å². The van der Waals surface area contributed by atoms with Crippen LogP contribution in [0.5, 0.6) is 5.75 Å². The van der Waals surface area contributed by atoms with Gasteiger partial charge >= 0.3 is 6.61 Å². The van der Waals surface area contributed by atoms with Crippen molar-refractivity contribution in [3.8, 4) is 5.75 Å². The van der Waals surface area contributed by atoms with Crippen LogP contribution >= 0.6 is 39.9 Å². The Balaban J connectivity index is 0.00000484. The fourth-order valence-electron chi connectivity index (χ4n) is 1.68. The molecular formula is C14H21BrF2IN3O2. The van der Waals surface area contributed by atoms with E-state index in [1.165, 1.54) is 6.07 Å². The number of rotatable bonds is 8. The molecule has 0 saturated carbocycles. The number of hydrogen-bond acceptors (Lipinski definition) is 3. The van der Waals surface area contributed by atoms with E-state index >= 15 is 0 Å². The summed E-state index contributed by atoms with van der Waals surface area (Å²) in [5.41, 5.74) is 0.599. The van der Waals surface area contributed by atoms with Crippen LogP contribution in [-0.2, 0) is 11.3 Å². The van der Waals surface area contributed by atoms with Crippen molar-refractivity contribution in [1.29, 1.82) is 0 Å². The SMILES string of the molecule is CCOCCNC(=NC)NCc1cc(Br)ccc1OC(F)F.I. The number of benzene rings is 1. The maximum absolute atomic E-state index is 12.4. The Kier molecular flexibility index (Phi) is 12.3. The zero-order valence-electron chi connectivity index (χ0n) is 12.9. The molecule has 9 heteroatoms. The van der Waals surface area contributed by atoms with Gasteiger partial charge in [0.05, 0.1) is 6.61 Å². The molecule has 1 aromatic rings. The largest absolute Gasteiger partial charge is 0.434 e. The highest BCUT2D eigenvalue weighted by Gasteiger charge is 2.10. The number of hydrogen-bond donors (Lipinski definition) is 2. The Morgan fingerprint density at radius 1 is 1.35 bits per heavy atom. The summed E-state index contributed by atoms with van der Waals surface area (Å²) in [4.78, 5) is 4.05. The van der Waals surface area contributed by atoms with E-state index in [0.29, 0.717) is 37.8 Å². The second kappa shape index (κ2) is 12.7. The molecule has 0 saturated heterocycles. The van der Waals surface area contributed by atoms with Gasteiger partial charge in [0.15, 0.2) is 5.96 Å². The molecule has 0 aliphatic carbocycles. The van der Waals surface area contributed by atoms with Gasteiger partial charge in [0.1, 0.15) is 5.75 Å². The number of nitrogens with one attached hydrogen (secondary N) is 2. The van der Waals surface area contributed by atoms with Crippen molar-refractivity contribution >= 4 is 45.9 Å². The van der Waals surface area contributed by atoms with E-state index in [4.69, 9.17) is 4.74 Å². The highest BCUT2D eigenvalue weighted by atomic mass is 127. The van der Waals surface area contributed by atoms with Gasteiger partial charge in [-0.3, -0.25) is 4.99 Å². The second-order valence-corrected chi connectivity index (χ2v) is 5.10. The Hall–Kier alpha value is -0.680. The molecule has 0 amide bonds. The van der Waals surface area contributed by atoms with Crippen molar-refractivity contribution < 1.29 is 18.3 Å². The third-order valence-corrected chi connectivity index (χ3v) is 3.14. The highest BCUT2D eigenvalue weighted by molar-refractivity contribution is 14.0. The Morgan fingerprint density at radius 3 is 2.70 bits per heavy atom. The van der Waals surface area contributed by atoms with E-state index in [9.17, 15) is 8.78 Å². The van der Waals surface area contributed by atoms with E-state index in [1.54, 1.807) is 19.2 Å². The summed E-state index contributed by atoms with van der Waals surface area (Å²) < 4.78 is 35.3. The van der Waals surface area contributed by atoms with Gasteiger partial charge in [0.25, 0.3) is 0 Å². The molecule has 0 fully saturated rings. The Labute approximate surface area is 160 Å². The van der Waals surface area contributed by atoms with Crippen LogP contribution in [0.3, 0.4) is 0 Å². The lowest BCUT2D eigenvalue weighted by atomic mass is 10.2. The molecule has 5 nitrogen and oxygen atoms in total. The van der Waals surface area contributed by atoms with Crippen LogP contribution in [0.4, 0.5) is 8.78 Å². The van der Waals surface area contributed by atoms with Gasteiger partial charge < -0.3 is 20.1 Å². The first kappa shape index (κ1) is 22.3. The molecule has 0 bridgehead atoms. The molecule has 2 N–H and O–H groups in total. The van der Waals surface area contributed by atoms with Crippen LogP contribution in [0, 0.1) is 0 Å². The second-order valence-electron chi connectivity index (χ2n) is 4.18. The maximum atomic E-state index is 12.4. The minimum atomic E-state index is -2.86. The lowest BCUT2D eigenvalue weighted by Gasteiger charge is -2.15. The molecule has 23 heavy (non-hydrogen) atoms. The Bertz CT molecular complexity index is 493. The normalized spacial score (nSPS) is 11.1. The topological polar surface area (TPSA) is 54.9 Å². The van der Waals surface area contributed by atoms with Crippen molar-refractivity contribution in [2.24, 2.45) is 4.99 Å². The average Bonchev–Trinajstić information content (AvgIpc) is 2.48. The standard InChI is InChI=1S/C14H20BrF2N3O2.HI/c1-3-21-7-6-19-14(18-2)20-9-10-8-11(15)4-5-12(10)22-13(16)17;/h4-5,8,13H,3,6-7,9H2,1-2H3,(H2,18,19,20);1H. The summed E-state index contributed by atoms with van der Waals surface area (Å²) in [5, 5.41) is 6.10. The molecule has 132 valence electrons. The van der Waals surface area contributed by atoms with Gasteiger partial charge in [-0.25, -0.2) is 0 Å². The summed E-state index contributed by atoms with van der Waals surface area (Å²) in [6.45, 7) is 1.18. The predicted octanol–water partition coefficient (Wildman–Crippen LogP) is 3.37. The molecule has 1 rings (SSSR count). The summed E-state index contributed by atoms with van der Waals surface area (Å²) in [6, 6.07) is 4.87. The average molecular weight is 508 g/mol. The minimum Gasteiger partial charge on any atom is -0.434 e. The number of halogens is 4. The third-order valence-electron chi connectivity index (χ3n) is 2.65. The minimum absolute atomic E-state index is 0. The van der Waals surface area contributed by atoms with E-state index < -0.39 is 6.61 Å². The van der Waals surface area contributed by atoms with E-state index in [1.807, 2.05) is 6.92 Å². The van der Waals surface area contributed by atoms with Crippen molar-refractivity contribution in [3.05, 3.63) is 28.2 Å². The fourth-order valence-corrected chi connectivity index (χ4v) is 2.09. The van der Waals surface area contributed by atoms with Crippen LogP contribution in [0.1, 0.15) is 12.5 Å². The van der Waals surface area contributed by atoms with Crippen LogP contribution in [0.2, 0.25) is 0 Å². The molecule has 0 aliphatic rings. The van der Waals surface area contributed by atoms with Crippen LogP contribution in [-0.4, -0.2) is 39.4 Å². The molecule has 0 spiro atoms. The van der Waals surface area contributed by atoms with Gasteiger partial charge in [-0.05, 0) is 25.1 Å². The van der Waals surface area contributed by atoms with E-state index in [-0.39, 0.29) is 29.7 Å². The van der Waals surface area contributed by atoms with Crippen LogP contribution in [0.15, 0.2) is 27.7 Å². The first-order valence-corrected chi connectivity index (χ1v) is 7.61. The zero-order chi connectivity index (χ0) is 16.4. The van der Waals surface area contributed by atoms with Crippen LogP contribution in [0.25, 0.3) is 0 Å². The molecule has 0 heterocycles. The van der Waals surface area contributed by atoms with Gasteiger partial charge in [0, 0.05) is 36.8 Å².